The molecule has 0 unspecified atom stereocenters. The quantitative estimate of drug-likeness (QED) is 0.803. The SMILES string of the molecule is CNS(=O)(=O)c1ccc(Oc2ccc(C(C)=O)cc2)c(Br)c1. The number of hydrogen-bond acceptors (Lipinski definition) is 4. The van der Waals surface area contributed by atoms with Crippen molar-refractivity contribution in [2.75, 3.05) is 7.05 Å². The number of hydrogen-bond donors (Lipinski definition) is 1. The predicted octanol–water partition coefficient (Wildman–Crippen LogP) is 3.35. The van der Waals surface area contributed by atoms with E-state index >= 15 is 0 Å². The molecule has 0 bridgehead atoms. The van der Waals surface area contributed by atoms with Gasteiger partial charge in [0.1, 0.15) is 11.5 Å². The van der Waals surface area contributed by atoms with E-state index in [9.17, 15) is 13.2 Å². The van der Waals surface area contributed by atoms with E-state index in [4.69, 9.17) is 4.74 Å². The van der Waals surface area contributed by atoms with Crippen molar-refractivity contribution in [2.24, 2.45) is 0 Å². The summed E-state index contributed by atoms with van der Waals surface area (Å²) in [5.41, 5.74) is 0.599. The summed E-state index contributed by atoms with van der Waals surface area (Å²) < 4.78 is 31.9. The van der Waals surface area contributed by atoms with Crippen LogP contribution in [0.1, 0.15) is 17.3 Å². The Morgan fingerprint density at radius 3 is 2.27 bits per heavy atom. The molecule has 0 amide bonds. The first-order valence-electron chi connectivity index (χ1n) is 6.35. The molecule has 0 saturated heterocycles. The van der Waals surface area contributed by atoms with E-state index in [2.05, 4.69) is 20.7 Å². The number of sulfonamides is 1. The third-order valence-electron chi connectivity index (χ3n) is 2.97. The Morgan fingerprint density at radius 1 is 1.14 bits per heavy atom. The molecule has 7 heteroatoms. The van der Waals surface area contributed by atoms with Crippen molar-refractivity contribution in [1.29, 1.82) is 0 Å². The van der Waals surface area contributed by atoms with E-state index in [0.717, 1.165) is 0 Å². The lowest BCUT2D eigenvalue weighted by atomic mass is 10.1. The number of carbonyl (C=O) groups is 1. The van der Waals surface area contributed by atoms with Crippen molar-refractivity contribution in [1.82, 2.24) is 4.72 Å². The molecule has 2 aromatic rings. The van der Waals surface area contributed by atoms with Crippen LogP contribution >= 0.6 is 15.9 Å². The summed E-state index contributed by atoms with van der Waals surface area (Å²) in [4.78, 5) is 11.4. The lowest BCUT2D eigenvalue weighted by Gasteiger charge is -2.10. The Hall–Kier alpha value is -1.70. The van der Waals surface area contributed by atoms with Crippen LogP contribution in [0.3, 0.4) is 0 Å². The van der Waals surface area contributed by atoms with Crippen molar-refractivity contribution in [3.05, 3.63) is 52.5 Å². The van der Waals surface area contributed by atoms with E-state index in [1.165, 1.54) is 26.1 Å². The maximum absolute atomic E-state index is 11.7. The first-order valence-corrected chi connectivity index (χ1v) is 8.63. The molecule has 0 aliphatic heterocycles. The summed E-state index contributed by atoms with van der Waals surface area (Å²) in [7, 11) is -2.15. The minimum atomic E-state index is -3.50. The zero-order valence-electron chi connectivity index (χ0n) is 12.0. The minimum absolute atomic E-state index is 0.0191. The molecule has 2 rings (SSSR count). The van der Waals surface area contributed by atoms with Gasteiger partial charge in [-0.3, -0.25) is 4.79 Å². The highest BCUT2D eigenvalue weighted by Crippen LogP contribution is 2.31. The van der Waals surface area contributed by atoms with Gasteiger partial charge in [0, 0.05) is 5.56 Å². The van der Waals surface area contributed by atoms with Gasteiger partial charge in [-0.15, -0.1) is 0 Å². The number of Topliss-reactive ketones (excluding diaryl/α,β-unsaturated/α-hetero) is 1. The number of benzene rings is 2. The number of halogens is 1. The number of nitrogens with one attached hydrogen (secondary N) is 1. The van der Waals surface area contributed by atoms with E-state index in [1.807, 2.05) is 0 Å². The average molecular weight is 384 g/mol. The second kappa shape index (κ2) is 6.60. The summed E-state index contributed by atoms with van der Waals surface area (Å²) in [5.74, 6) is 1.01. The summed E-state index contributed by atoms with van der Waals surface area (Å²) in [5, 5.41) is 0. The van der Waals surface area contributed by atoms with Crippen molar-refractivity contribution >= 4 is 31.7 Å². The van der Waals surface area contributed by atoms with Gasteiger partial charge in [0.05, 0.1) is 9.37 Å². The third kappa shape index (κ3) is 3.73. The average Bonchev–Trinajstić information content (AvgIpc) is 2.49. The minimum Gasteiger partial charge on any atom is -0.456 e. The lowest BCUT2D eigenvalue weighted by molar-refractivity contribution is 0.101. The molecule has 0 spiro atoms. The molecule has 0 aliphatic rings. The monoisotopic (exact) mass is 383 g/mol. The van der Waals surface area contributed by atoms with Crippen molar-refractivity contribution in [3.63, 3.8) is 0 Å². The highest BCUT2D eigenvalue weighted by molar-refractivity contribution is 9.10. The van der Waals surface area contributed by atoms with E-state index in [0.29, 0.717) is 21.5 Å². The second-order valence-electron chi connectivity index (χ2n) is 4.48. The van der Waals surface area contributed by atoms with Gasteiger partial charge >= 0.3 is 0 Å². The fourth-order valence-electron chi connectivity index (χ4n) is 1.73. The highest BCUT2D eigenvalue weighted by Gasteiger charge is 2.14. The molecule has 0 aromatic heterocycles. The molecule has 0 saturated carbocycles. The Bertz CT molecular complexity index is 801. The van der Waals surface area contributed by atoms with Crippen LogP contribution in [0, 0.1) is 0 Å². The summed E-state index contributed by atoms with van der Waals surface area (Å²) in [6, 6.07) is 11.2. The summed E-state index contributed by atoms with van der Waals surface area (Å²) in [6.07, 6.45) is 0. The summed E-state index contributed by atoms with van der Waals surface area (Å²) in [6.45, 7) is 1.49. The van der Waals surface area contributed by atoms with Gasteiger partial charge in [-0.05, 0) is 72.4 Å². The molecule has 0 atom stereocenters. The molecule has 5 nitrogen and oxygen atoms in total. The first kappa shape index (κ1) is 16.7. The smallest absolute Gasteiger partial charge is 0.240 e. The standard InChI is InChI=1S/C15H14BrNO4S/c1-10(18)11-3-5-12(6-4-11)21-15-8-7-13(9-14(15)16)22(19,20)17-2/h3-9,17H,1-2H3. The largest absolute Gasteiger partial charge is 0.456 e. The molecule has 0 heterocycles. The van der Waals surface area contributed by atoms with Gasteiger partial charge in [0.15, 0.2) is 5.78 Å². The molecular weight excluding hydrogens is 370 g/mol. The topological polar surface area (TPSA) is 72.5 Å². The molecule has 0 radical (unpaired) electrons. The van der Waals surface area contributed by atoms with Gasteiger partial charge < -0.3 is 4.74 Å². The van der Waals surface area contributed by atoms with E-state index < -0.39 is 10.0 Å². The van der Waals surface area contributed by atoms with Crippen LogP contribution in [0.15, 0.2) is 51.8 Å². The van der Waals surface area contributed by atoms with Crippen LogP contribution in [0.2, 0.25) is 0 Å². The van der Waals surface area contributed by atoms with Crippen LogP contribution in [0.4, 0.5) is 0 Å². The molecule has 22 heavy (non-hydrogen) atoms. The Kier molecular flexibility index (Phi) is 5.00. The molecular formula is C15H14BrNO4S. The summed E-state index contributed by atoms with van der Waals surface area (Å²) >= 11 is 3.29. The maximum Gasteiger partial charge on any atom is 0.240 e. The van der Waals surface area contributed by atoms with Gasteiger partial charge in [-0.2, -0.15) is 0 Å². The second-order valence-corrected chi connectivity index (χ2v) is 7.22. The zero-order valence-corrected chi connectivity index (χ0v) is 14.4. The Morgan fingerprint density at radius 2 is 1.77 bits per heavy atom. The Labute approximate surface area is 137 Å². The lowest BCUT2D eigenvalue weighted by Crippen LogP contribution is -2.18. The number of carbonyl (C=O) groups excluding carboxylic acids is 1. The Balaban J connectivity index is 2.25. The predicted molar refractivity (Wildman–Crippen MR) is 86.9 cm³/mol. The fourth-order valence-corrected chi connectivity index (χ4v) is 3.10. The molecule has 1 N–H and O–H groups in total. The van der Waals surface area contributed by atoms with Gasteiger partial charge in [0.25, 0.3) is 0 Å². The zero-order chi connectivity index (χ0) is 16.3. The number of rotatable bonds is 5. The first-order chi connectivity index (χ1) is 10.3. The number of ketones is 1. The molecule has 2 aromatic carbocycles. The van der Waals surface area contributed by atoms with Crippen molar-refractivity contribution in [2.45, 2.75) is 11.8 Å². The van der Waals surface area contributed by atoms with Crippen molar-refractivity contribution < 1.29 is 17.9 Å². The van der Waals surface area contributed by atoms with Crippen molar-refractivity contribution in [3.8, 4) is 11.5 Å². The van der Waals surface area contributed by atoms with Gasteiger partial charge in [0.2, 0.25) is 10.0 Å². The van der Waals surface area contributed by atoms with E-state index in [-0.39, 0.29) is 10.7 Å². The number of ether oxygens (including phenoxy) is 1. The van der Waals surface area contributed by atoms with Crippen LogP contribution < -0.4 is 9.46 Å². The van der Waals surface area contributed by atoms with Crippen LogP contribution in [-0.4, -0.2) is 21.2 Å². The van der Waals surface area contributed by atoms with Gasteiger partial charge in [-0.25, -0.2) is 13.1 Å². The maximum atomic E-state index is 11.7. The van der Waals surface area contributed by atoms with Gasteiger partial charge in [-0.1, -0.05) is 0 Å². The molecule has 0 aliphatic carbocycles. The fraction of sp³-hybridized carbons (Fsp3) is 0.133. The van der Waals surface area contributed by atoms with Crippen LogP contribution in [0.5, 0.6) is 11.5 Å². The van der Waals surface area contributed by atoms with Crippen LogP contribution in [0.25, 0.3) is 0 Å². The van der Waals surface area contributed by atoms with Crippen LogP contribution in [-0.2, 0) is 10.0 Å². The molecule has 116 valence electrons. The highest BCUT2D eigenvalue weighted by atomic mass is 79.9. The van der Waals surface area contributed by atoms with E-state index in [1.54, 1.807) is 30.3 Å². The molecule has 0 fully saturated rings. The normalized spacial score (nSPS) is 11.2. The third-order valence-corrected chi connectivity index (χ3v) is 5.00.